The summed E-state index contributed by atoms with van der Waals surface area (Å²) in [5.74, 6) is -2.74. The van der Waals surface area contributed by atoms with E-state index >= 15 is 0 Å². The molecule has 7 rings (SSSR count). The number of hydrogen-bond acceptors (Lipinski definition) is 23. The summed E-state index contributed by atoms with van der Waals surface area (Å²) < 4.78 is 147. The third kappa shape index (κ3) is 17.8. The van der Waals surface area contributed by atoms with Crippen LogP contribution in [0, 0.1) is 35.5 Å². The van der Waals surface area contributed by atoms with Crippen molar-refractivity contribution in [2.45, 2.75) is 193 Å². The van der Waals surface area contributed by atoms with Gasteiger partial charge in [0.25, 0.3) is 0 Å². The van der Waals surface area contributed by atoms with E-state index in [1.807, 2.05) is 0 Å². The summed E-state index contributed by atoms with van der Waals surface area (Å²) in [5.41, 5.74) is 0. The number of aliphatic hydroxyl groups is 1. The van der Waals surface area contributed by atoms with Gasteiger partial charge in [-0.1, -0.05) is 26.7 Å². The van der Waals surface area contributed by atoms with E-state index in [2.05, 4.69) is 66.2 Å². The monoisotopic (exact) mass is 1100 g/mol. The second-order valence-corrected chi connectivity index (χ2v) is 26.6. The summed E-state index contributed by atoms with van der Waals surface area (Å²) in [7, 11) is -18.9. The average molecular weight is 1110 g/mol. The zero-order chi connectivity index (χ0) is 47.8. The molecule has 23 nitrogen and oxygen atoms in total. The molecule has 0 aromatic rings. The molecule has 6 aliphatic carbocycles. The van der Waals surface area contributed by atoms with Crippen molar-refractivity contribution in [3.05, 3.63) is 0 Å². The van der Waals surface area contributed by atoms with Crippen LogP contribution in [-0.4, -0.2) is 146 Å². The molecular formula is C39H68N10Na4O13S4. The van der Waals surface area contributed by atoms with Crippen LogP contribution in [-0.2, 0) is 40.5 Å². The first-order chi connectivity index (χ1) is 31.0. The van der Waals surface area contributed by atoms with Crippen LogP contribution in [0.1, 0.15) is 117 Å². The third-order valence-corrected chi connectivity index (χ3v) is 21.1. The maximum Gasteiger partial charge on any atom is 1.00 e. The van der Waals surface area contributed by atoms with Crippen LogP contribution < -0.4 is 150 Å². The van der Waals surface area contributed by atoms with E-state index in [0.29, 0.717) is 45.1 Å². The molecule has 18 atom stereocenters. The molecule has 0 spiro atoms. The van der Waals surface area contributed by atoms with Crippen LogP contribution in [0.25, 0.3) is 0 Å². The molecule has 31 heteroatoms. The minimum Gasteiger partial charge on any atom is -0.748 e. The number of hydrogen-bond donors (Lipinski definition) is 7. The van der Waals surface area contributed by atoms with Gasteiger partial charge in [0.1, 0.15) is 18.9 Å². The summed E-state index contributed by atoms with van der Waals surface area (Å²) in [6.45, 7) is 4.38. The summed E-state index contributed by atoms with van der Waals surface area (Å²) in [6.07, 6.45) is 5.26. The molecule has 7 aliphatic rings. The molecule has 7 N–H and O–H groups in total. The summed E-state index contributed by atoms with van der Waals surface area (Å²) in [6, 6.07) is -1.59. The summed E-state index contributed by atoms with van der Waals surface area (Å²) in [4.78, 5) is 0. The molecule has 1 saturated heterocycles. The fourth-order valence-corrected chi connectivity index (χ4v) is 17.6. The molecule has 18 unspecified atom stereocenters. The van der Waals surface area contributed by atoms with E-state index in [0.717, 1.165) is 25.7 Å². The van der Waals surface area contributed by atoms with Crippen molar-refractivity contribution in [3.63, 3.8) is 0 Å². The van der Waals surface area contributed by atoms with Gasteiger partial charge < -0.3 is 23.3 Å². The van der Waals surface area contributed by atoms with Crippen molar-refractivity contribution in [3.8, 4) is 0 Å². The van der Waals surface area contributed by atoms with Gasteiger partial charge in [-0.25, -0.2) is 33.7 Å². The minimum absolute atomic E-state index is 0. The number of rotatable bonds is 15. The van der Waals surface area contributed by atoms with Crippen LogP contribution in [0.5, 0.6) is 0 Å². The fourth-order valence-electron chi connectivity index (χ4n) is 12.8. The molecule has 0 aromatic heterocycles. The van der Waals surface area contributed by atoms with Gasteiger partial charge in [-0.05, 0) is 125 Å². The summed E-state index contributed by atoms with van der Waals surface area (Å²) in [5, 5.41) is 43.7. The van der Waals surface area contributed by atoms with Crippen LogP contribution in [0.15, 0.2) is 20.5 Å². The molecule has 0 bridgehead atoms. The average Bonchev–Trinajstić information content (AvgIpc) is 3.22. The molecule has 380 valence electrons. The first-order valence-electron chi connectivity index (χ1n) is 23.7. The number of nitrogens with zero attached hydrogens (tertiary/aromatic N) is 4. The SMILES string of the molecule is CC1CC(NC2NC(NCCO)NC(NC3CCC(N=NC4CC5C(CCCC5S(=O)(=O)[O-])C(S(=O)(=O)[O-])C4)C(C)C3)N2)CCC1N=NC1CC2C(CCCC2S(=O)(=O)[O-])C(S(=O)(=O)[O-])C1.[Na+].[Na+].[Na+].[Na+]. The number of nitrogens with one attached hydrogen (secondary N) is 6. The quantitative estimate of drug-likeness (QED) is 0.0455. The van der Waals surface area contributed by atoms with E-state index in [9.17, 15) is 57.0 Å². The molecule has 6 saturated carbocycles. The van der Waals surface area contributed by atoms with Crippen molar-refractivity contribution in [2.24, 2.45) is 56.0 Å². The third-order valence-electron chi connectivity index (χ3n) is 15.9. The van der Waals surface area contributed by atoms with Crippen LogP contribution in [0.2, 0.25) is 0 Å². The number of aliphatic hydroxyl groups excluding tert-OH is 1. The van der Waals surface area contributed by atoms with E-state index in [4.69, 9.17) is 0 Å². The van der Waals surface area contributed by atoms with Crippen molar-refractivity contribution in [2.75, 3.05) is 13.2 Å². The molecule has 70 heavy (non-hydrogen) atoms. The maximum atomic E-state index is 12.3. The van der Waals surface area contributed by atoms with E-state index in [1.54, 1.807) is 0 Å². The molecule has 0 aromatic carbocycles. The van der Waals surface area contributed by atoms with E-state index in [-0.39, 0.29) is 218 Å². The van der Waals surface area contributed by atoms with Gasteiger partial charge in [0.15, 0.2) is 0 Å². The van der Waals surface area contributed by atoms with Crippen molar-refractivity contribution < 1.29 is 175 Å². The van der Waals surface area contributed by atoms with Crippen LogP contribution >= 0.6 is 0 Å². The molecule has 0 radical (unpaired) electrons. The van der Waals surface area contributed by atoms with E-state index < -0.39 is 97.2 Å². The smallest absolute Gasteiger partial charge is 0.748 e. The zero-order valence-corrected chi connectivity index (χ0v) is 52.7. The van der Waals surface area contributed by atoms with Crippen molar-refractivity contribution in [1.82, 2.24) is 31.9 Å². The molecule has 1 aliphatic heterocycles. The molecule has 1 heterocycles. The first kappa shape index (κ1) is 66.8. The van der Waals surface area contributed by atoms with Crippen LogP contribution in [0.3, 0.4) is 0 Å². The fraction of sp³-hybridized carbons (Fsp3) is 1.00. The van der Waals surface area contributed by atoms with Gasteiger partial charge in [0.05, 0.1) is 92.2 Å². The standard InChI is InChI=1S/C39H72N10O13S4.4Na/c1-21-15-23(9-11-31(21)48-46-25-17-29-27(35(19-25)65(57,58)59)5-3-7-33(29)63(51,52)53)41-38-43-37(40-13-14-50)44-39(45-38)42-24-10-12-32(22(2)16-24)49-47-26-18-30-28(36(20-26)66(60,61)62)6-4-8-34(30)64(54,55)56;;;;/h21-45,50H,3-20H2,1-2H3,(H,51,52,53)(H,54,55,56)(H,57,58,59)(H,60,61,62);;;;/q;4*+1/p-4. The Labute approximate surface area is 503 Å². The number of fused-ring (bicyclic) bond motifs is 2. The van der Waals surface area contributed by atoms with Gasteiger partial charge in [0, 0.05) is 18.6 Å². The minimum atomic E-state index is -4.76. The van der Waals surface area contributed by atoms with Crippen molar-refractivity contribution in [1.29, 1.82) is 0 Å². The predicted molar refractivity (Wildman–Crippen MR) is 235 cm³/mol. The Kier molecular flexibility index (Phi) is 27.3. The Balaban J connectivity index is 0.00000324. The Morgan fingerprint density at radius 2 is 0.843 bits per heavy atom. The van der Waals surface area contributed by atoms with Gasteiger partial charge in [-0.3, -0.25) is 31.9 Å². The number of azo groups is 2. The first-order valence-corrected chi connectivity index (χ1v) is 29.6. The van der Waals surface area contributed by atoms with Gasteiger partial charge >= 0.3 is 118 Å². The molecule has 0 amide bonds. The summed E-state index contributed by atoms with van der Waals surface area (Å²) >= 11 is 0. The second-order valence-electron chi connectivity index (χ2n) is 20.3. The predicted octanol–water partition coefficient (Wildman–Crippen LogP) is -11.8. The topological polar surface area (TPSA) is 371 Å². The molecule has 7 fully saturated rings. The molecular weight excluding hydrogens is 1040 g/mol. The van der Waals surface area contributed by atoms with E-state index in [1.165, 1.54) is 0 Å². The van der Waals surface area contributed by atoms with Gasteiger partial charge in [0.2, 0.25) is 0 Å². The largest absolute Gasteiger partial charge is 1.00 e. The maximum absolute atomic E-state index is 12.3. The Morgan fingerprint density at radius 3 is 1.19 bits per heavy atom. The Hall–Kier alpha value is 2.56. The second kappa shape index (κ2) is 28.6. The normalized spacial score (nSPS) is 40.9. The van der Waals surface area contributed by atoms with Crippen LogP contribution in [0.4, 0.5) is 0 Å². The Bertz CT molecular complexity index is 2050. The van der Waals surface area contributed by atoms with Gasteiger partial charge in [-0.15, -0.1) is 0 Å². The Morgan fingerprint density at radius 1 is 0.471 bits per heavy atom. The van der Waals surface area contributed by atoms with Crippen molar-refractivity contribution >= 4 is 40.5 Å². The van der Waals surface area contributed by atoms with Gasteiger partial charge in [-0.2, -0.15) is 20.5 Å². The zero-order valence-electron chi connectivity index (χ0n) is 41.5.